The number of aliphatic carboxylic acids is 1. The van der Waals surface area contributed by atoms with Crippen molar-refractivity contribution in [2.75, 3.05) is 5.32 Å². The first kappa shape index (κ1) is 21.9. The lowest BCUT2D eigenvalue weighted by atomic mass is 10.1. The van der Waals surface area contributed by atoms with E-state index >= 15 is 0 Å². The van der Waals surface area contributed by atoms with E-state index in [-0.39, 0.29) is 49.6 Å². The fourth-order valence-corrected chi connectivity index (χ4v) is 3.09. The van der Waals surface area contributed by atoms with Crippen LogP contribution in [0, 0.1) is 0 Å². The minimum Gasteiger partial charge on any atom is -0.481 e. The molecule has 1 heterocycles. The highest BCUT2D eigenvalue weighted by molar-refractivity contribution is 5.93. The number of H-pyrrole nitrogens is 1. The first-order chi connectivity index (χ1) is 14.8. The summed E-state index contributed by atoms with van der Waals surface area (Å²) in [7, 11) is 0. The largest absolute Gasteiger partial charge is 0.481 e. The van der Waals surface area contributed by atoms with Gasteiger partial charge in [0.05, 0.1) is 17.5 Å². The summed E-state index contributed by atoms with van der Waals surface area (Å²) in [5.74, 6) is -0.690. The van der Waals surface area contributed by atoms with Gasteiger partial charge in [0.1, 0.15) is 17.4 Å². The van der Waals surface area contributed by atoms with Gasteiger partial charge in [-0.05, 0) is 48.9 Å². The summed E-state index contributed by atoms with van der Waals surface area (Å²) < 4.78 is 0. The Hall–Kier alpha value is -3.81. The standard InChI is InChI=1S/C23H23N3O5/c1-14(27)2-10-21(29)24-17-6-4-16(5-7-17)23-25-19-9-3-15(13-20(19)26-23)12-18(28)8-11-22(30)31/h3-7,9,13H,2,8,10-12H2,1H3,(H,24,29)(H,25,26)(H,30,31). The maximum Gasteiger partial charge on any atom is 0.303 e. The van der Waals surface area contributed by atoms with Gasteiger partial charge in [-0.3, -0.25) is 14.4 Å². The summed E-state index contributed by atoms with van der Waals surface area (Å²) >= 11 is 0. The summed E-state index contributed by atoms with van der Waals surface area (Å²) in [5, 5.41) is 11.4. The molecule has 0 aliphatic rings. The number of carbonyl (C=O) groups is 4. The normalized spacial score (nSPS) is 10.7. The van der Waals surface area contributed by atoms with Gasteiger partial charge in [0.15, 0.2) is 0 Å². The second kappa shape index (κ2) is 9.80. The van der Waals surface area contributed by atoms with Crippen molar-refractivity contribution in [3.8, 4) is 11.4 Å². The maximum atomic E-state index is 11.9. The highest BCUT2D eigenvalue weighted by Gasteiger charge is 2.10. The zero-order valence-corrected chi connectivity index (χ0v) is 17.1. The number of fused-ring (bicyclic) bond motifs is 1. The fraction of sp³-hybridized carbons (Fsp3) is 0.261. The Labute approximate surface area is 178 Å². The van der Waals surface area contributed by atoms with Gasteiger partial charge in [-0.2, -0.15) is 0 Å². The highest BCUT2D eigenvalue weighted by atomic mass is 16.4. The molecule has 160 valence electrons. The number of carboxylic acid groups (broad SMARTS) is 1. The number of Topliss-reactive ketones (excluding diaryl/α,β-unsaturated/α-hetero) is 2. The molecule has 0 fully saturated rings. The van der Waals surface area contributed by atoms with Crippen molar-refractivity contribution in [2.45, 2.75) is 39.0 Å². The monoisotopic (exact) mass is 421 g/mol. The molecule has 3 aromatic rings. The number of benzene rings is 2. The molecular weight excluding hydrogens is 398 g/mol. The van der Waals surface area contributed by atoms with Crippen molar-refractivity contribution in [3.05, 3.63) is 48.0 Å². The Bertz CT molecular complexity index is 1130. The van der Waals surface area contributed by atoms with E-state index in [2.05, 4.69) is 15.3 Å². The summed E-state index contributed by atoms with van der Waals surface area (Å²) in [4.78, 5) is 53.1. The van der Waals surface area contributed by atoms with E-state index in [0.717, 1.165) is 22.2 Å². The number of aromatic amines is 1. The molecule has 0 unspecified atom stereocenters. The third kappa shape index (κ3) is 6.33. The lowest BCUT2D eigenvalue weighted by Crippen LogP contribution is -2.12. The first-order valence-electron chi connectivity index (χ1n) is 9.92. The SMILES string of the molecule is CC(=O)CCC(=O)Nc1ccc(-c2nc3ccc(CC(=O)CCC(=O)O)cc3[nH]2)cc1. The molecule has 0 saturated heterocycles. The Balaban J connectivity index is 1.67. The zero-order chi connectivity index (χ0) is 22.4. The quantitative estimate of drug-likeness (QED) is 0.459. The van der Waals surface area contributed by atoms with Crippen molar-refractivity contribution in [1.29, 1.82) is 0 Å². The Kier molecular flexibility index (Phi) is 6.92. The number of nitrogens with one attached hydrogen (secondary N) is 2. The molecular formula is C23H23N3O5. The number of imidazole rings is 1. The molecule has 0 spiro atoms. The van der Waals surface area contributed by atoms with Crippen LogP contribution in [0.25, 0.3) is 22.4 Å². The molecule has 0 atom stereocenters. The van der Waals surface area contributed by atoms with Gasteiger partial charge in [0.25, 0.3) is 0 Å². The number of hydrogen-bond acceptors (Lipinski definition) is 5. The van der Waals surface area contributed by atoms with Gasteiger partial charge in [-0.15, -0.1) is 0 Å². The summed E-state index contributed by atoms with van der Waals surface area (Å²) in [6.45, 7) is 1.45. The molecule has 0 bridgehead atoms. The van der Waals surface area contributed by atoms with Crippen LogP contribution in [-0.4, -0.2) is 38.5 Å². The van der Waals surface area contributed by atoms with Crippen molar-refractivity contribution in [1.82, 2.24) is 9.97 Å². The summed E-state index contributed by atoms with van der Waals surface area (Å²) in [5.41, 5.74) is 3.78. The van der Waals surface area contributed by atoms with Crippen LogP contribution >= 0.6 is 0 Å². The van der Waals surface area contributed by atoms with Crippen molar-refractivity contribution < 1.29 is 24.3 Å². The molecule has 0 aliphatic heterocycles. The van der Waals surface area contributed by atoms with Crippen LogP contribution in [0.1, 0.15) is 38.2 Å². The molecule has 2 aromatic carbocycles. The van der Waals surface area contributed by atoms with Crippen LogP contribution in [0.2, 0.25) is 0 Å². The van der Waals surface area contributed by atoms with Crippen LogP contribution in [0.15, 0.2) is 42.5 Å². The molecule has 0 saturated carbocycles. The van der Waals surface area contributed by atoms with Crippen LogP contribution < -0.4 is 5.32 Å². The minimum atomic E-state index is -0.983. The molecule has 31 heavy (non-hydrogen) atoms. The van der Waals surface area contributed by atoms with Gasteiger partial charge >= 0.3 is 5.97 Å². The van der Waals surface area contributed by atoms with Gasteiger partial charge in [0, 0.05) is 36.9 Å². The van der Waals surface area contributed by atoms with E-state index in [1.54, 1.807) is 12.1 Å². The number of nitrogens with zero attached hydrogens (tertiary/aromatic N) is 1. The minimum absolute atomic E-state index is 0.0131. The van der Waals surface area contributed by atoms with Gasteiger partial charge in [-0.1, -0.05) is 6.07 Å². The fourth-order valence-electron chi connectivity index (χ4n) is 3.09. The second-order valence-corrected chi connectivity index (χ2v) is 7.37. The summed E-state index contributed by atoms with van der Waals surface area (Å²) in [6, 6.07) is 12.7. The predicted molar refractivity (Wildman–Crippen MR) is 116 cm³/mol. The number of rotatable bonds is 10. The second-order valence-electron chi connectivity index (χ2n) is 7.37. The van der Waals surface area contributed by atoms with Crippen LogP contribution in [0.5, 0.6) is 0 Å². The van der Waals surface area contributed by atoms with E-state index < -0.39 is 5.97 Å². The average molecular weight is 421 g/mol. The number of carboxylic acids is 1. The molecule has 1 aromatic heterocycles. The number of carbonyl (C=O) groups excluding carboxylic acids is 3. The smallest absolute Gasteiger partial charge is 0.303 e. The molecule has 1 amide bonds. The number of anilines is 1. The van der Waals surface area contributed by atoms with E-state index in [1.807, 2.05) is 30.3 Å². The zero-order valence-electron chi connectivity index (χ0n) is 17.1. The van der Waals surface area contributed by atoms with Gasteiger partial charge < -0.3 is 20.2 Å². The Morgan fingerprint density at radius 2 is 1.71 bits per heavy atom. The third-order valence-corrected chi connectivity index (χ3v) is 4.71. The number of amides is 1. The Morgan fingerprint density at radius 3 is 2.39 bits per heavy atom. The van der Waals surface area contributed by atoms with E-state index in [4.69, 9.17) is 5.11 Å². The van der Waals surface area contributed by atoms with E-state index in [9.17, 15) is 19.2 Å². The molecule has 0 aliphatic carbocycles. The Morgan fingerprint density at radius 1 is 0.968 bits per heavy atom. The number of aromatic nitrogens is 2. The topological polar surface area (TPSA) is 129 Å². The number of hydrogen-bond donors (Lipinski definition) is 3. The maximum absolute atomic E-state index is 11.9. The summed E-state index contributed by atoms with van der Waals surface area (Å²) in [6.07, 6.45) is 0.398. The third-order valence-electron chi connectivity index (χ3n) is 4.71. The molecule has 3 rings (SSSR count). The van der Waals surface area contributed by atoms with E-state index in [1.165, 1.54) is 6.92 Å². The van der Waals surface area contributed by atoms with Gasteiger partial charge in [0.2, 0.25) is 5.91 Å². The predicted octanol–water partition coefficient (Wildman–Crippen LogP) is 3.51. The van der Waals surface area contributed by atoms with Crippen LogP contribution in [0.3, 0.4) is 0 Å². The molecule has 0 radical (unpaired) electrons. The lowest BCUT2D eigenvalue weighted by Gasteiger charge is -2.05. The van der Waals surface area contributed by atoms with Gasteiger partial charge in [-0.25, -0.2) is 4.98 Å². The van der Waals surface area contributed by atoms with E-state index in [0.29, 0.717) is 11.5 Å². The molecule has 8 heteroatoms. The molecule has 8 nitrogen and oxygen atoms in total. The van der Waals surface area contributed by atoms with Crippen molar-refractivity contribution >= 4 is 40.2 Å². The average Bonchev–Trinajstić information content (AvgIpc) is 3.14. The molecule has 3 N–H and O–H groups in total. The van der Waals surface area contributed by atoms with Crippen LogP contribution in [-0.2, 0) is 25.6 Å². The van der Waals surface area contributed by atoms with Crippen molar-refractivity contribution in [3.63, 3.8) is 0 Å². The number of ketones is 2. The first-order valence-corrected chi connectivity index (χ1v) is 9.92. The van der Waals surface area contributed by atoms with Crippen molar-refractivity contribution in [2.24, 2.45) is 0 Å². The lowest BCUT2D eigenvalue weighted by molar-refractivity contribution is -0.138. The highest BCUT2D eigenvalue weighted by Crippen LogP contribution is 2.23. The van der Waals surface area contributed by atoms with Crippen LogP contribution in [0.4, 0.5) is 5.69 Å².